The average molecular weight is 507 g/mol. The number of aromatic hydroxyl groups is 1. The molecule has 1 aromatic heterocycles. The van der Waals surface area contributed by atoms with E-state index in [2.05, 4.69) is 21.5 Å². The largest absolute Gasteiger partial charge is 0.494 e. The average Bonchev–Trinajstić information content (AvgIpc) is 3.38. The van der Waals surface area contributed by atoms with Crippen molar-refractivity contribution in [3.05, 3.63) is 62.8 Å². The Morgan fingerprint density at radius 3 is 2.54 bits per heavy atom. The van der Waals surface area contributed by atoms with Gasteiger partial charge in [-0.05, 0) is 43.0 Å². The highest BCUT2D eigenvalue weighted by molar-refractivity contribution is 6.20. The first kappa shape index (κ1) is 24.2. The number of aliphatic imine (C=N–C) groups is 1. The fourth-order valence-corrected chi connectivity index (χ4v) is 5.71. The number of benzene rings is 1. The monoisotopic (exact) mass is 506 g/mol. The van der Waals surface area contributed by atoms with Crippen molar-refractivity contribution in [2.24, 2.45) is 10.4 Å². The fourth-order valence-electron chi connectivity index (χ4n) is 5.71. The van der Waals surface area contributed by atoms with Gasteiger partial charge in [-0.2, -0.15) is 0 Å². The van der Waals surface area contributed by atoms with Gasteiger partial charge in [-0.15, -0.1) is 6.58 Å². The topological polar surface area (TPSA) is 148 Å². The van der Waals surface area contributed by atoms with Crippen LogP contribution in [0.25, 0.3) is 0 Å². The number of carbonyl (C=O) groups excluding carboxylic acids is 3. The quantitative estimate of drug-likeness (QED) is 0.353. The van der Waals surface area contributed by atoms with Gasteiger partial charge in [-0.3, -0.25) is 38.7 Å². The van der Waals surface area contributed by atoms with E-state index in [1.165, 1.54) is 20.2 Å². The fraction of sp³-hybridized carbons (Fsp3) is 0.360. The Morgan fingerprint density at radius 2 is 1.86 bits per heavy atom. The van der Waals surface area contributed by atoms with Crippen molar-refractivity contribution in [1.82, 2.24) is 19.4 Å². The van der Waals surface area contributed by atoms with Crippen molar-refractivity contribution >= 4 is 35.4 Å². The molecule has 4 amide bonds. The Bertz CT molecular complexity index is 1480. The molecule has 5 rings (SSSR count). The maximum Gasteiger partial charge on any atom is 0.332 e. The summed E-state index contributed by atoms with van der Waals surface area (Å²) in [5.41, 5.74) is -1.18. The summed E-state index contributed by atoms with van der Waals surface area (Å²) in [4.78, 5) is 74.2. The predicted octanol–water partition coefficient (Wildman–Crippen LogP) is 0.740. The number of allylic oxidation sites excluding steroid dienone is 1. The molecule has 0 bridgehead atoms. The molecule has 1 aromatic carbocycles. The Kier molecular flexibility index (Phi) is 5.61. The first-order valence-corrected chi connectivity index (χ1v) is 11.8. The number of nitrogens with one attached hydrogen (secondary N) is 1. The molecule has 192 valence electrons. The molecular formula is C25H26N6O6. The van der Waals surface area contributed by atoms with E-state index >= 15 is 0 Å². The second kappa shape index (κ2) is 8.57. The SMILES string of the molecule is C=CCn1c(O)c(C=Nc2ccc3c(c2)CC2(C(=O)N(C)C(=O)N(C)C2=O)C2CCCN32)c(=O)[nH]c1=O. The number of hydrogen-bond donors (Lipinski definition) is 2. The number of hydrogen-bond acceptors (Lipinski definition) is 8. The molecular weight excluding hydrogens is 480 g/mol. The van der Waals surface area contributed by atoms with Gasteiger partial charge >= 0.3 is 11.7 Å². The van der Waals surface area contributed by atoms with E-state index < -0.39 is 40.4 Å². The highest BCUT2D eigenvalue weighted by Gasteiger charge is 2.63. The lowest BCUT2D eigenvalue weighted by atomic mass is 9.68. The minimum Gasteiger partial charge on any atom is -0.494 e. The Labute approximate surface area is 211 Å². The lowest BCUT2D eigenvalue weighted by Gasteiger charge is -2.50. The van der Waals surface area contributed by atoms with Crippen LogP contribution in [0, 0.1) is 5.41 Å². The van der Waals surface area contributed by atoms with Crippen molar-refractivity contribution < 1.29 is 19.5 Å². The van der Waals surface area contributed by atoms with Gasteiger partial charge in [0.15, 0.2) is 5.41 Å². The molecule has 2 aromatic rings. The van der Waals surface area contributed by atoms with Crippen molar-refractivity contribution in [2.75, 3.05) is 25.5 Å². The zero-order valence-corrected chi connectivity index (χ0v) is 20.4. The van der Waals surface area contributed by atoms with Gasteiger partial charge in [-0.25, -0.2) is 9.59 Å². The molecule has 3 aliphatic rings. The third-order valence-electron chi connectivity index (χ3n) is 7.47. The molecule has 4 heterocycles. The van der Waals surface area contributed by atoms with E-state index in [4.69, 9.17) is 0 Å². The van der Waals surface area contributed by atoms with Crippen molar-refractivity contribution in [2.45, 2.75) is 31.8 Å². The molecule has 12 heteroatoms. The second-order valence-corrected chi connectivity index (χ2v) is 9.48. The molecule has 1 atom stereocenters. The number of carbonyl (C=O) groups is 3. The zero-order valence-electron chi connectivity index (χ0n) is 20.4. The van der Waals surface area contributed by atoms with Gasteiger partial charge in [0.05, 0.1) is 11.7 Å². The minimum atomic E-state index is -1.43. The molecule has 0 saturated carbocycles. The number of anilines is 1. The van der Waals surface area contributed by atoms with E-state index in [0.29, 0.717) is 24.2 Å². The maximum atomic E-state index is 13.5. The van der Waals surface area contributed by atoms with Crippen molar-refractivity contribution in [1.29, 1.82) is 0 Å². The van der Waals surface area contributed by atoms with E-state index in [-0.39, 0.29) is 24.6 Å². The van der Waals surface area contributed by atoms with Crippen LogP contribution in [0.3, 0.4) is 0 Å². The van der Waals surface area contributed by atoms with Crippen LogP contribution in [0.2, 0.25) is 0 Å². The summed E-state index contributed by atoms with van der Waals surface area (Å²) in [6.07, 6.45) is 4.11. The molecule has 1 unspecified atom stereocenters. The van der Waals surface area contributed by atoms with Crippen LogP contribution >= 0.6 is 0 Å². The van der Waals surface area contributed by atoms with Crippen LogP contribution in [0.5, 0.6) is 5.88 Å². The lowest BCUT2D eigenvalue weighted by Crippen LogP contribution is -2.70. The summed E-state index contributed by atoms with van der Waals surface area (Å²) < 4.78 is 0.953. The standard InChI is InChI=1S/C25H26N6O6/c1-4-9-31-20(33)16(19(32)27-23(31)36)13-26-15-7-8-17-14(11-15)12-25(18-6-5-10-30(17)18)21(34)28(2)24(37)29(3)22(25)35/h4,7-8,11,13,18,33H,1,5-6,9-10,12H2,2-3H3,(H,27,32,36). The van der Waals surface area contributed by atoms with Crippen molar-refractivity contribution in [3.8, 4) is 5.88 Å². The second-order valence-electron chi connectivity index (χ2n) is 9.48. The van der Waals surface area contributed by atoms with E-state index in [0.717, 1.165) is 32.7 Å². The molecule has 1 spiro atoms. The minimum absolute atomic E-state index is 0.00628. The summed E-state index contributed by atoms with van der Waals surface area (Å²) in [6, 6.07) is 4.29. The number of nitrogens with zero attached hydrogens (tertiary/aromatic N) is 5. The smallest absolute Gasteiger partial charge is 0.332 e. The summed E-state index contributed by atoms with van der Waals surface area (Å²) in [5, 5.41) is 10.4. The third-order valence-corrected chi connectivity index (χ3v) is 7.47. The summed E-state index contributed by atoms with van der Waals surface area (Å²) in [7, 11) is 2.78. The highest BCUT2D eigenvalue weighted by atomic mass is 16.3. The van der Waals surface area contributed by atoms with Crippen LogP contribution in [0.15, 0.2) is 45.4 Å². The van der Waals surface area contributed by atoms with Crippen LogP contribution in [-0.4, -0.2) is 75.2 Å². The van der Waals surface area contributed by atoms with Gasteiger partial charge in [-0.1, -0.05) is 6.08 Å². The van der Waals surface area contributed by atoms with Crippen LogP contribution in [-0.2, 0) is 22.6 Å². The van der Waals surface area contributed by atoms with Crippen LogP contribution in [0.4, 0.5) is 16.2 Å². The van der Waals surface area contributed by atoms with E-state index in [1.807, 2.05) is 6.07 Å². The first-order valence-electron chi connectivity index (χ1n) is 11.8. The first-order chi connectivity index (χ1) is 17.6. The highest BCUT2D eigenvalue weighted by Crippen LogP contribution is 2.49. The van der Waals surface area contributed by atoms with Crippen molar-refractivity contribution in [3.63, 3.8) is 0 Å². The molecule has 37 heavy (non-hydrogen) atoms. The van der Waals surface area contributed by atoms with E-state index in [9.17, 15) is 29.1 Å². The van der Waals surface area contributed by atoms with Gasteiger partial charge in [0, 0.05) is 39.1 Å². The molecule has 2 saturated heterocycles. The van der Waals surface area contributed by atoms with Gasteiger partial charge in [0.25, 0.3) is 5.56 Å². The summed E-state index contributed by atoms with van der Waals surface area (Å²) in [6.45, 7) is 4.19. The number of H-pyrrole nitrogens is 1. The Morgan fingerprint density at radius 1 is 1.16 bits per heavy atom. The number of amides is 4. The number of aromatic nitrogens is 2. The number of imide groups is 2. The number of fused-ring (bicyclic) bond motifs is 4. The number of rotatable bonds is 4. The van der Waals surface area contributed by atoms with Gasteiger partial charge in [0.1, 0.15) is 5.56 Å². The zero-order chi connectivity index (χ0) is 26.6. The molecule has 0 aliphatic carbocycles. The number of barbiturate groups is 1. The number of urea groups is 1. The van der Waals surface area contributed by atoms with Crippen LogP contribution < -0.4 is 16.1 Å². The van der Waals surface area contributed by atoms with Crippen LogP contribution in [0.1, 0.15) is 24.0 Å². The number of aromatic amines is 1. The Balaban J connectivity index is 1.57. The molecule has 3 aliphatic heterocycles. The Hall–Kier alpha value is -4.48. The predicted molar refractivity (Wildman–Crippen MR) is 134 cm³/mol. The molecule has 2 N–H and O–H groups in total. The maximum absolute atomic E-state index is 13.5. The molecule has 12 nitrogen and oxygen atoms in total. The lowest BCUT2D eigenvalue weighted by molar-refractivity contribution is -0.159. The summed E-state index contributed by atoms with van der Waals surface area (Å²) >= 11 is 0. The van der Waals surface area contributed by atoms with E-state index in [1.54, 1.807) is 12.1 Å². The normalized spacial score (nSPS) is 20.6. The molecule has 0 radical (unpaired) electrons. The molecule has 2 fully saturated rings. The third kappa shape index (κ3) is 3.43. The van der Waals surface area contributed by atoms with Gasteiger partial charge in [0.2, 0.25) is 17.7 Å². The summed E-state index contributed by atoms with van der Waals surface area (Å²) in [5.74, 6) is -1.57. The van der Waals surface area contributed by atoms with Gasteiger partial charge < -0.3 is 10.0 Å².